The van der Waals surface area contributed by atoms with Crippen molar-refractivity contribution < 1.29 is 22.4 Å². The van der Waals surface area contributed by atoms with Crippen LogP contribution in [0, 0.1) is 11.6 Å². The highest BCUT2D eigenvalue weighted by atomic mass is 19.3. The lowest BCUT2D eigenvalue weighted by Crippen LogP contribution is -2.43. The normalized spacial score (nSPS) is 15.0. The molecule has 11 heteroatoms. The number of halogens is 4. The van der Waals surface area contributed by atoms with E-state index < -0.39 is 36.1 Å². The number of carbonyl (C=O) groups excluding carboxylic acids is 1. The van der Waals surface area contributed by atoms with Crippen molar-refractivity contribution in [2.45, 2.75) is 24.8 Å². The number of rotatable bonds is 6. The topological polar surface area (TPSA) is 95.6 Å². The monoisotopic (exact) mass is 394 g/mol. The lowest BCUT2D eigenvalue weighted by Gasteiger charge is -2.18. The minimum Gasteiger partial charge on any atom is -0.353 e. The number of hydrogen-bond acceptors (Lipinski definition) is 5. The maximum absolute atomic E-state index is 14.2. The van der Waals surface area contributed by atoms with Crippen molar-refractivity contribution in [3.8, 4) is 11.4 Å². The van der Waals surface area contributed by atoms with Gasteiger partial charge in [-0.05, 0) is 18.9 Å². The largest absolute Gasteiger partial charge is 0.353 e. The molecule has 0 aromatic carbocycles. The molecule has 3 N–H and O–H groups in total. The molecule has 146 valence electrons. The Bertz CT molecular complexity index is 1050. The first-order valence-electron chi connectivity index (χ1n) is 8.38. The van der Waals surface area contributed by atoms with E-state index in [1.54, 1.807) is 0 Å². The van der Waals surface area contributed by atoms with E-state index in [0.717, 1.165) is 12.4 Å². The second-order valence-electron chi connectivity index (χ2n) is 6.45. The molecule has 1 amide bonds. The number of aromatic nitrogens is 4. The number of anilines is 1. The quantitative estimate of drug-likeness (QED) is 0.559. The van der Waals surface area contributed by atoms with E-state index in [9.17, 15) is 22.4 Å². The molecule has 0 radical (unpaired) electrons. The average molecular weight is 394 g/mol. The van der Waals surface area contributed by atoms with Gasteiger partial charge in [0, 0.05) is 17.1 Å². The number of nitrogens with one attached hydrogen (secondary N) is 3. The number of aromatic amines is 1. The van der Waals surface area contributed by atoms with Gasteiger partial charge in [-0.1, -0.05) is 0 Å². The van der Waals surface area contributed by atoms with Crippen LogP contribution in [0.2, 0.25) is 0 Å². The minimum absolute atomic E-state index is 0.0892. The lowest BCUT2D eigenvalue weighted by atomic mass is 10.2. The number of alkyl halides is 2. The van der Waals surface area contributed by atoms with Gasteiger partial charge >= 0.3 is 0 Å². The summed E-state index contributed by atoms with van der Waals surface area (Å²) in [6, 6.07) is 1.24. The molecule has 0 atom stereocenters. The van der Waals surface area contributed by atoms with E-state index in [0.29, 0.717) is 29.4 Å². The summed E-state index contributed by atoms with van der Waals surface area (Å²) in [5.74, 6) is -2.16. The van der Waals surface area contributed by atoms with E-state index in [4.69, 9.17) is 0 Å². The van der Waals surface area contributed by atoms with Crippen LogP contribution in [0.25, 0.3) is 22.4 Å². The van der Waals surface area contributed by atoms with Crippen LogP contribution in [0.5, 0.6) is 0 Å². The Hall–Kier alpha value is -3.24. The fraction of sp³-hybridized carbons (Fsp3) is 0.294. The molecule has 4 rings (SSSR count). The Morgan fingerprint density at radius 1 is 1.25 bits per heavy atom. The van der Waals surface area contributed by atoms with E-state index >= 15 is 0 Å². The smallest absolute Gasteiger partial charge is 0.255 e. The van der Waals surface area contributed by atoms with Gasteiger partial charge in [0.15, 0.2) is 17.5 Å². The average Bonchev–Trinajstić information content (AvgIpc) is 3.33. The molecule has 0 aliphatic heterocycles. The molecule has 1 saturated carbocycles. The predicted molar refractivity (Wildman–Crippen MR) is 91.6 cm³/mol. The van der Waals surface area contributed by atoms with Gasteiger partial charge in [0.1, 0.15) is 17.0 Å². The number of fused-ring (bicyclic) bond motifs is 1. The second kappa shape index (κ2) is 6.73. The van der Waals surface area contributed by atoms with Gasteiger partial charge in [-0.15, -0.1) is 0 Å². The summed E-state index contributed by atoms with van der Waals surface area (Å²) >= 11 is 0. The lowest BCUT2D eigenvalue weighted by molar-refractivity contribution is -0.123. The number of nitrogens with zero attached hydrogens (tertiary/aromatic N) is 3. The van der Waals surface area contributed by atoms with Crippen molar-refractivity contribution in [3.05, 3.63) is 36.3 Å². The van der Waals surface area contributed by atoms with E-state index in [1.807, 2.05) is 0 Å². The molecule has 1 aliphatic rings. The van der Waals surface area contributed by atoms with Crippen molar-refractivity contribution >= 4 is 22.8 Å². The van der Waals surface area contributed by atoms with Crippen LogP contribution in [0.4, 0.5) is 23.4 Å². The number of pyridine rings is 1. The maximum Gasteiger partial charge on any atom is 0.255 e. The van der Waals surface area contributed by atoms with E-state index in [-0.39, 0.29) is 11.6 Å². The van der Waals surface area contributed by atoms with Gasteiger partial charge in [-0.3, -0.25) is 4.79 Å². The van der Waals surface area contributed by atoms with Crippen LogP contribution in [-0.4, -0.2) is 44.4 Å². The standard InChI is InChI=1S/C17H14F4N6O/c18-8-3-9-10(5-23-13(9)22-4-8)14-24-6-11(19)15(26-14)27-17(1-2-17)16(28)25-7-12(20)21/h3-6,12H,1-2,7H2,(H,22,23)(H,25,28)(H,24,26,27). The molecule has 3 aromatic heterocycles. The summed E-state index contributed by atoms with van der Waals surface area (Å²) < 4.78 is 52.3. The second-order valence-corrected chi connectivity index (χ2v) is 6.45. The number of hydrogen-bond donors (Lipinski definition) is 3. The molecule has 1 aliphatic carbocycles. The van der Waals surface area contributed by atoms with Crippen LogP contribution in [0.15, 0.2) is 24.7 Å². The van der Waals surface area contributed by atoms with Crippen molar-refractivity contribution in [1.82, 2.24) is 25.3 Å². The molecule has 28 heavy (non-hydrogen) atoms. The summed E-state index contributed by atoms with van der Waals surface area (Å²) in [6.45, 7) is -0.784. The molecule has 3 heterocycles. The van der Waals surface area contributed by atoms with E-state index in [2.05, 4.69) is 30.6 Å². The molecule has 7 nitrogen and oxygen atoms in total. The highest BCUT2D eigenvalue weighted by Crippen LogP contribution is 2.39. The number of H-pyrrole nitrogens is 1. The van der Waals surface area contributed by atoms with Crippen molar-refractivity contribution in [2.75, 3.05) is 11.9 Å². The zero-order valence-electron chi connectivity index (χ0n) is 14.3. The molecule has 0 bridgehead atoms. The minimum atomic E-state index is -2.68. The zero-order chi connectivity index (χ0) is 19.9. The fourth-order valence-electron chi connectivity index (χ4n) is 2.85. The third-order valence-corrected chi connectivity index (χ3v) is 4.44. The molecule has 0 saturated heterocycles. The Labute approximate surface area is 155 Å². The molecule has 1 fully saturated rings. The van der Waals surface area contributed by atoms with Crippen LogP contribution in [0.1, 0.15) is 12.8 Å². The van der Waals surface area contributed by atoms with Gasteiger partial charge in [0.05, 0.1) is 18.9 Å². The Balaban J connectivity index is 1.63. The van der Waals surface area contributed by atoms with Crippen molar-refractivity contribution in [1.29, 1.82) is 0 Å². The number of amides is 1. The first-order valence-corrected chi connectivity index (χ1v) is 8.38. The highest BCUT2D eigenvalue weighted by Gasteiger charge is 2.50. The third kappa shape index (κ3) is 3.35. The molecular weight excluding hydrogens is 380 g/mol. The van der Waals surface area contributed by atoms with Gasteiger partial charge < -0.3 is 15.6 Å². The SMILES string of the molecule is O=C(NCC(F)F)C1(Nc2nc(-c3c[nH]c4ncc(F)cc34)ncc2F)CC1. The molecular formula is C17H14F4N6O. The van der Waals surface area contributed by atoms with Crippen LogP contribution in [0.3, 0.4) is 0 Å². The third-order valence-electron chi connectivity index (χ3n) is 4.44. The van der Waals surface area contributed by atoms with Gasteiger partial charge in [0.2, 0.25) is 5.91 Å². The molecule has 0 unspecified atom stereocenters. The Morgan fingerprint density at radius 3 is 2.75 bits per heavy atom. The van der Waals surface area contributed by atoms with Crippen molar-refractivity contribution in [2.24, 2.45) is 0 Å². The first kappa shape index (κ1) is 18.1. The highest BCUT2D eigenvalue weighted by molar-refractivity contribution is 5.93. The van der Waals surface area contributed by atoms with Crippen molar-refractivity contribution in [3.63, 3.8) is 0 Å². The summed E-state index contributed by atoms with van der Waals surface area (Å²) in [4.78, 5) is 26.9. The maximum atomic E-state index is 14.2. The number of carbonyl (C=O) groups is 1. The Morgan fingerprint density at radius 2 is 2.04 bits per heavy atom. The van der Waals surface area contributed by atoms with Crippen LogP contribution < -0.4 is 10.6 Å². The van der Waals surface area contributed by atoms with Gasteiger partial charge in [-0.25, -0.2) is 32.5 Å². The summed E-state index contributed by atoms with van der Waals surface area (Å²) in [5, 5.41) is 5.24. The fourth-order valence-corrected chi connectivity index (χ4v) is 2.85. The van der Waals surface area contributed by atoms with Crippen LogP contribution >= 0.6 is 0 Å². The molecule has 0 spiro atoms. The predicted octanol–water partition coefficient (Wildman–Crippen LogP) is 2.62. The summed E-state index contributed by atoms with van der Waals surface area (Å²) in [5.41, 5.74) is -0.379. The van der Waals surface area contributed by atoms with Gasteiger partial charge in [-0.2, -0.15) is 0 Å². The Kier molecular flexibility index (Phi) is 4.36. The first-order chi connectivity index (χ1) is 13.4. The van der Waals surface area contributed by atoms with E-state index in [1.165, 1.54) is 12.3 Å². The molecule has 3 aromatic rings. The van der Waals surface area contributed by atoms with Gasteiger partial charge in [0.25, 0.3) is 6.43 Å². The zero-order valence-corrected chi connectivity index (χ0v) is 14.3. The van der Waals surface area contributed by atoms with Crippen LogP contribution in [-0.2, 0) is 4.79 Å². The summed E-state index contributed by atoms with van der Waals surface area (Å²) in [7, 11) is 0. The summed E-state index contributed by atoms with van der Waals surface area (Å²) in [6.07, 6.45) is 1.50.